The van der Waals surface area contributed by atoms with E-state index in [2.05, 4.69) is 21.4 Å². The topological polar surface area (TPSA) is 80.8 Å². The second-order valence-electron chi connectivity index (χ2n) is 6.52. The third-order valence-electron chi connectivity index (χ3n) is 4.52. The van der Waals surface area contributed by atoms with Crippen LogP contribution in [-0.4, -0.2) is 34.9 Å². The average Bonchev–Trinajstić information content (AvgIpc) is 3.17. The molecule has 3 rings (SSSR count). The second-order valence-corrected chi connectivity index (χ2v) is 6.52. The van der Waals surface area contributed by atoms with Crippen LogP contribution in [0.2, 0.25) is 0 Å². The first kappa shape index (κ1) is 18.9. The molecule has 0 amide bonds. The third kappa shape index (κ3) is 4.29. The van der Waals surface area contributed by atoms with Gasteiger partial charge in [0.1, 0.15) is 11.3 Å². The molecular formula is C18H21F3N6. The molecule has 1 atom stereocenters. The number of aromatic nitrogens is 2. The van der Waals surface area contributed by atoms with Gasteiger partial charge in [0.2, 0.25) is 5.84 Å². The van der Waals surface area contributed by atoms with E-state index in [1.807, 2.05) is 25.1 Å². The molecule has 6 nitrogen and oxygen atoms in total. The van der Waals surface area contributed by atoms with Gasteiger partial charge in [0, 0.05) is 18.8 Å². The summed E-state index contributed by atoms with van der Waals surface area (Å²) in [6.07, 6.45) is -2.53. The largest absolute Gasteiger partial charge is 0.451 e. The lowest BCUT2D eigenvalue weighted by Crippen LogP contribution is -2.38. The molecule has 1 aromatic heterocycles. The molecule has 1 fully saturated rings. The molecule has 0 bridgehead atoms. The van der Waals surface area contributed by atoms with Gasteiger partial charge in [-0.25, -0.2) is 0 Å². The molecule has 0 radical (unpaired) electrons. The van der Waals surface area contributed by atoms with E-state index in [0.717, 1.165) is 24.3 Å². The van der Waals surface area contributed by atoms with Crippen molar-refractivity contribution in [1.82, 2.24) is 9.78 Å². The Labute approximate surface area is 154 Å². The maximum atomic E-state index is 12.8. The molecule has 1 aliphatic rings. The molecule has 0 spiro atoms. The second kappa shape index (κ2) is 7.42. The van der Waals surface area contributed by atoms with E-state index in [0.29, 0.717) is 0 Å². The summed E-state index contributed by atoms with van der Waals surface area (Å²) in [6, 6.07) is 10.4. The van der Waals surface area contributed by atoms with Crippen molar-refractivity contribution in [1.29, 1.82) is 10.8 Å². The fraction of sp³-hybridized carbons (Fsp3) is 0.389. The van der Waals surface area contributed by atoms with Gasteiger partial charge >= 0.3 is 6.18 Å². The Morgan fingerprint density at radius 3 is 2.56 bits per heavy atom. The Balaban J connectivity index is 1.80. The van der Waals surface area contributed by atoms with Crippen LogP contribution in [0.1, 0.15) is 31.4 Å². The molecule has 1 unspecified atom stereocenters. The molecule has 0 saturated carbocycles. The highest BCUT2D eigenvalue weighted by Gasteiger charge is 2.37. The predicted molar refractivity (Wildman–Crippen MR) is 97.2 cm³/mol. The minimum atomic E-state index is -4.87. The lowest BCUT2D eigenvalue weighted by atomic mass is 10.1. The zero-order valence-electron chi connectivity index (χ0n) is 14.8. The van der Waals surface area contributed by atoms with Gasteiger partial charge < -0.3 is 10.2 Å². The maximum absolute atomic E-state index is 12.8. The van der Waals surface area contributed by atoms with Gasteiger partial charge in [-0.15, -0.1) is 5.10 Å². The Hall–Kier alpha value is -2.84. The Kier molecular flexibility index (Phi) is 5.20. The number of nitrogens with one attached hydrogen (secondary N) is 3. The van der Waals surface area contributed by atoms with Gasteiger partial charge in [-0.2, -0.15) is 17.9 Å². The van der Waals surface area contributed by atoms with Crippen LogP contribution in [0.25, 0.3) is 0 Å². The minimum absolute atomic E-state index is 0.166. The van der Waals surface area contributed by atoms with Crippen LogP contribution in [0, 0.1) is 10.8 Å². The molecule has 3 N–H and O–H groups in total. The Bertz CT molecular complexity index is 883. The van der Waals surface area contributed by atoms with Crippen molar-refractivity contribution in [3.63, 3.8) is 0 Å². The molecule has 9 heteroatoms. The summed E-state index contributed by atoms with van der Waals surface area (Å²) >= 11 is 0. The standard InChI is InChI=1S/C18H21F3N6/c1-12(13-5-4-6-14(11-13)26-9-2-3-10-26)24-16-8-7-15(22)27(25-16)17(23)18(19,20)21/h4-8,11-12,22-23H,2-3,9-10H2,1H3,(H,24,25). The number of nitrogens with zero attached hydrogens (tertiary/aromatic N) is 3. The molecule has 0 aliphatic carbocycles. The van der Waals surface area contributed by atoms with E-state index >= 15 is 0 Å². The molecule has 1 saturated heterocycles. The summed E-state index contributed by atoms with van der Waals surface area (Å²) in [5.41, 5.74) is 1.60. The first-order chi connectivity index (χ1) is 12.8. The number of rotatable bonds is 4. The van der Waals surface area contributed by atoms with Crippen molar-refractivity contribution in [2.45, 2.75) is 32.0 Å². The number of halogens is 3. The average molecular weight is 378 g/mol. The van der Waals surface area contributed by atoms with E-state index in [-0.39, 0.29) is 16.5 Å². The van der Waals surface area contributed by atoms with Crippen LogP contribution in [0.4, 0.5) is 24.7 Å². The van der Waals surface area contributed by atoms with Crippen LogP contribution in [0.3, 0.4) is 0 Å². The first-order valence-corrected chi connectivity index (χ1v) is 8.68. The smallest absolute Gasteiger partial charge is 0.372 e. The number of anilines is 2. The molecular weight excluding hydrogens is 357 g/mol. The number of hydrogen-bond acceptors (Lipinski definition) is 5. The van der Waals surface area contributed by atoms with Crippen LogP contribution >= 0.6 is 0 Å². The van der Waals surface area contributed by atoms with E-state index in [1.165, 1.54) is 25.0 Å². The summed E-state index contributed by atoms with van der Waals surface area (Å²) in [5, 5.41) is 21.6. The molecule has 2 heterocycles. The maximum Gasteiger partial charge on any atom is 0.451 e. The normalized spacial score (nSPS) is 15.6. The van der Waals surface area contributed by atoms with Crippen molar-refractivity contribution >= 4 is 17.3 Å². The van der Waals surface area contributed by atoms with Crippen molar-refractivity contribution in [2.24, 2.45) is 0 Å². The van der Waals surface area contributed by atoms with E-state index < -0.39 is 17.5 Å². The number of alkyl halides is 3. The highest BCUT2D eigenvalue weighted by Crippen LogP contribution is 2.25. The predicted octanol–water partition coefficient (Wildman–Crippen LogP) is 3.52. The van der Waals surface area contributed by atoms with Crippen LogP contribution < -0.4 is 15.7 Å². The van der Waals surface area contributed by atoms with Crippen LogP contribution in [-0.2, 0) is 0 Å². The van der Waals surface area contributed by atoms with Gasteiger partial charge in [0.25, 0.3) is 0 Å². The highest BCUT2D eigenvalue weighted by atomic mass is 19.4. The Morgan fingerprint density at radius 2 is 1.89 bits per heavy atom. The molecule has 27 heavy (non-hydrogen) atoms. The van der Waals surface area contributed by atoms with Crippen LogP contribution in [0.5, 0.6) is 0 Å². The number of hydrogen-bond donors (Lipinski definition) is 3. The molecule has 1 aliphatic heterocycles. The van der Waals surface area contributed by atoms with Crippen LogP contribution in [0.15, 0.2) is 36.4 Å². The zero-order chi connectivity index (χ0) is 19.6. The summed E-state index contributed by atoms with van der Waals surface area (Å²) < 4.78 is 38.6. The summed E-state index contributed by atoms with van der Waals surface area (Å²) in [7, 11) is 0. The molecule has 1 aromatic carbocycles. The summed E-state index contributed by atoms with van der Waals surface area (Å²) in [5.74, 6) is -1.53. The first-order valence-electron chi connectivity index (χ1n) is 8.68. The third-order valence-corrected chi connectivity index (χ3v) is 4.52. The Morgan fingerprint density at radius 1 is 1.19 bits per heavy atom. The SMILES string of the molecule is CC(Nc1ccc(=N)n(C(=N)C(F)(F)F)n1)c1cccc(N2CCCC2)c1. The van der Waals surface area contributed by atoms with E-state index in [9.17, 15) is 13.2 Å². The highest BCUT2D eigenvalue weighted by molar-refractivity contribution is 5.85. The lowest BCUT2D eigenvalue weighted by Gasteiger charge is -2.21. The lowest BCUT2D eigenvalue weighted by molar-refractivity contribution is -0.0632. The molecule has 2 aromatic rings. The summed E-state index contributed by atoms with van der Waals surface area (Å²) in [4.78, 5) is 2.31. The molecule has 144 valence electrons. The fourth-order valence-electron chi connectivity index (χ4n) is 3.06. The fourth-order valence-corrected chi connectivity index (χ4v) is 3.06. The van der Waals surface area contributed by atoms with Gasteiger partial charge in [-0.3, -0.25) is 10.8 Å². The van der Waals surface area contributed by atoms with Gasteiger partial charge in [0.15, 0.2) is 0 Å². The van der Waals surface area contributed by atoms with Crippen molar-refractivity contribution < 1.29 is 13.2 Å². The van der Waals surface area contributed by atoms with Crippen molar-refractivity contribution in [3.05, 3.63) is 47.4 Å². The summed E-state index contributed by atoms with van der Waals surface area (Å²) in [6.45, 7) is 3.94. The quantitative estimate of drug-likeness (QED) is 0.562. The van der Waals surface area contributed by atoms with Gasteiger partial charge in [0.05, 0.1) is 6.04 Å². The van der Waals surface area contributed by atoms with Gasteiger partial charge in [-0.1, -0.05) is 12.1 Å². The zero-order valence-corrected chi connectivity index (χ0v) is 14.8. The van der Waals surface area contributed by atoms with Crippen molar-refractivity contribution in [2.75, 3.05) is 23.3 Å². The minimum Gasteiger partial charge on any atom is -0.372 e. The van der Waals surface area contributed by atoms with E-state index in [4.69, 9.17) is 10.8 Å². The number of benzene rings is 1. The van der Waals surface area contributed by atoms with Gasteiger partial charge in [-0.05, 0) is 49.6 Å². The van der Waals surface area contributed by atoms with Crippen molar-refractivity contribution in [3.8, 4) is 0 Å². The monoisotopic (exact) mass is 378 g/mol. The van der Waals surface area contributed by atoms with E-state index in [1.54, 1.807) is 0 Å².